The lowest BCUT2D eigenvalue weighted by molar-refractivity contribution is -0.141. The Kier molecular flexibility index (Phi) is 6.80. The number of methoxy groups -OCH3 is 1. The third-order valence-electron chi connectivity index (χ3n) is 4.43. The number of hydrogen-bond donors (Lipinski definition) is 0. The van der Waals surface area contributed by atoms with Crippen LogP contribution in [0.1, 0.15) is 12.5 Å². The monoisotopic (exact) mass is 347 g/mol. The maximum atomic E-state index is 12.4. The highest BCUT2D eigenvalue weighted by molar-refractivity contribution is 5.84. The molecule has 0 unspecified atom stereocenters. The molecule has 25 heavy (non-hydrogen) atoms. The van der Waals surface area contributed by atoms with Crippen molar-refractivity contribution in [3.8, 4) is 5.75 Å². The predicted molar refractivity (Wildman–Crippen MR) is 93.2 cm³/mol. The van der Waals surface area contributed by atoms with Crippen LogP contribution in [0.5, 0.6) is 5.75 Å². The minimum absolute atomic E-state index is 0.0611. The highest BCUT2D eigenvalue weighted by atomic mass is 16.5. The maximum absolute atomic E-state index is 12.4. The Morgan fingerprint density at radius 2 is 1.88 bits per heavy atom. The van der Waals surface area contributed by atoms with Gasteiger partial charge in [0.2, 0.25) is 18.2 Å². The first-order chi connectivity index (χ1) is 12.0. The highest BCUT2D eigenvalue weighted by Gasteiger charge is 2.23. The van der Waals surface area contributed by atoms with Crippen molar-refractivity contribution in [2.45, 2.75) is 13.3 Å². The quantitative estimate of drug-likeness (QED) is 0.669. The Hall–Kier alpha value is -2.57. The molecule has 0 atom stereocenters. The molecule has 136 valence electrons. The molecule has 1 fully saturated rings. The van der Waals surface area contributed by atoms with Crippen molar-refractivity contribution < 1.29 is 19.1 Å². The van der Waals surface area contributed by atoms with Crippen molar-refractivity contribution >= 4 is 18.2 Å². The largest absolute Gasteiger partial charge is 0.496 e. The Morgan fingerprint density at radius 1 is 1.20 bits per heavy atom. The number of hydrogen-bond acceptors (Lipinski definition) is 4. The van der Waals surface area contributed by atoms with E-state index < -0.39 is 0 Å². The number of amides is 3. The summed E-state index contributed by atoms with van der Waals surface area (Å²) in [5.74, 6) is 0.567. The molecule has 1 aliphatic heterocycles. The molecular weight excluding hydrogens is 322 g/mol. The van der Waals surface area contributed by atoms with Crippen molar-refractivity contribution in [2.75, 3.05) is 46.4 Å². The summed E-state index contributed by atoms with van der Waals surface area (Å²) in [5.41, 5.74) is 1.00. The molecule has 0 radical (unpaired) electrons. The van der Waals surface area contributed by atoms with Crippen molar-refractivity contribution in [2.24, 2.45) is 0 Å². The van der Waals surface area contributed by atoms with Crippen molar-refractivity contribution in [3.05, 3.63) is 29.8 Å². The zero-order valence-corrected chi connectivity index (χ0v) is 14.8. The van der Waals surface area contributed by atoms with Crippen LogP contribution in [-0.4, -0.2) is 79.3 Å². The Balaban J connectivity index is 1.91. The van der Waals surface area contributed by atoms with Gasteiger partial charge in [0.05, 0.1) is 13.7 Å². The zero-order valence-electron chi connectivity index (χ0n) is 14.8. The van der Waals surface area contributed by atoms with Crippen LogP contribution in [0.25, 0.3) is 0 Å². The highest BCUT2D eigenvalue weighted by Crippen LogP contribution is 2.18. The van der Waals surface area contributed by atoms with E-state index in [2.05, 4.69) is 0 Å². The number of ether oxygens (including phenoxy) is 1. The number of carbonyl (C=O) groups is 3. The molecule has 0 aromatic heterocycles. The van der Waals surface area contributed by atoms with Gasteiger partial charge in [-0.25, -0.2) is 0 Å². The van der Waals surface area contributed by atoms with Crippen LogP contribution < -0.4 is 4.74 Å². The summed E-state index contributed by atoms with van der Waals surface area (Å²) in [6.07, 6.45) is 1.42. The van der Waals surface area contributed by atoms with Gasteiger partial charge in [0.25, 0.3) is 0 Å². The van der Waals surface area contributed by atoms with Gasteiger partial charge in [-0.2, -0.15) is 0 Å². The molecule has 3 amide bonds. The second kappa shape index (κ2) is 9.05. The van der Waals surface area contributed by atoms with E-state index in [0.717, 1.165) is 17.7 Å². The number of benzene rings is 1. The number of piperazine rings is 1. The Morgan fingerprint density at radius 3 is 2.48 bits per heavy atom. The summed E-state index contributed by atoms with van der Waals surface area (Å²) in [4.78, 5) is 40.0. The fraction of sp³-hybridized carbons (Fsp3) is 0.500. The lowest BCUT2D eigenvalue weighted by Gasteiger charge is -2.34. The van der Waals surface area contributed by atoms with E-state index >= 15 is 0 Å². The zero-order chi connectivity index (χ0) is 18.2. The average Bonchev–Trinajstić information content (AvgIpc) is 2.64. The van der Waals surface area contributed by atoms with Crippen molar-refractivity contribution in [1.82, 2.24) is 14.7 Å². The molecule has 0 aliphatic carbocycles. The first-order valence-electron chi connectivity index (χ1n) is 8.39. The normalized spacial score (nSPS) is 14.2. The second-order valence-electron chi connectivity index (χ2n) is 6.02. The number of para-hydroxylation sites is 1. The van der Waals surface area contributed by atoms with Gasteiger partial charge in [-0.1, -0.05) is 18.2 Å². The van der Waals surface area contributed by atoms with Gasteiger partial charge in [0.1, 0.15) is 5.75 Å². The molecule has 0 spiro atoms. The third-order valence-corrected chi connectivity index (χ3v) is 4.43. The molecule has 1 heterocycles. The molecule has 7 nitrogen and oxygen atoms in total. The molecule has 7 heteroatoms. The van der Waals surface area contributed by atoms with Crippen LogP contribution in [0.3, 0.4) is 0 Å². The number of nitrogens with zero attached hydrogens (tertiary/aromatic N) is 3. The third kappa shape index (κ3) is 5.20. The average molecular weight is 347 g/mol. The van der Waals surface area contributed by atoms with Gasteiger partial charge in [-0.3, -0.25) is 14.4 Å². The number of carbonyl (C=O) groups excluding carboxylic acids is 3. The minimum Gasteiger partial charge on any atom is -0.496 e. The van der Waals surface area contributed by atoms with E-state index in [-0.39, 0.29) is 18.4 Å². The summed E-state index contributed by atoms with van der Waals surface area (Å²) in [6.45, 7) is 4.08. The fourth-order valence-corrected chi connectivity index (χ4v) is 2.85. The molecule has 0 N–H and O–H groups in total. The molecule has 0 saturated carbocycles. The molecule has 2 rings (SSSR count). The molecule has 1 aliphatic rings. The van der Waals surface area contributed by atoms with Crippen LogP contribution >= 0.6 is 0 Å². The van der Waals surface area contributed by atoms with Gasteiger partial charge in [-0.05, 0) is 18.1 Å². The first kappa shape index (κ1) is 18.8. The maximum Gasteiger partial charge on any atom is 0.242 e. The second-order valence-corrected chi connectivity index (χ2v) is 6.02. The van der Waals surface area contributed by atoms with E-state index in [9.17, 15) is 14.4 Å². The molecule has 0 bridgehead atoms. The molecular formula is C18H25N3O4. The van der Waals surface area contributed by atoms with E-state index in [1.54, 1.807) is 21.8 Å². The van der Waals surface area contributed by atoms with Crippen LogP contribution in [0.4, 0.5) is 0 Å². The van der Waals surface area contributed by atoms with Crippen LogP contribution in [0, 0.1) is 0 Å². The standard InChI is InChI=1S/C18H25N3O4/c1-15(23)21(8-7-16-5-3-4-6-17(16)25-2)13-18(24)20-11-9-19(14-22)10-12-20/h3-6,14H,7-13H2,1-2H3. The van der Waals surface area contributed by atoms with Crippen LogP contribution in [0.2, 0.25) is 0 Å². The van der Waals surface area contributed by atoms with E-state index in [1.165, 1.54) is 6.92 Å². The van der Waals surface area contributed by atoms with Gasteiger partial charge in [0.15, 0.2) is 0 Å². The number of rotatable bonds is 7. The van der Waals surface area contributed by atoms with Gasteiger partial charge in [-0.15, -0.1) is 0 Å². The lowest BCUT2D eigenvalue weighted by atomic mass is 10.1. The topological polar surface area (TPSA) is 70.2 Å². The van der Waals surface area contributed by atoms with E-state index in [4.69, 9.17) is 4.74 Å². The van der Waals surface area contributed by atoms with Gasteiger partial charge < -0.3 is 19.4 Å². The molecule has 1 aromatic rings. The minimum atomic E-state index is -0.130. The van der Waals surface area contributed by atoms with Crippen LogP contribution in [-0.2, 0) is 20.8 Å². The van der Waals surface area contributed by atoms with E-state index in [0.29, 0.717) is 39.1 Å². The SMILES string of the molecule is COc1ccccc1CCN(CC(=O)N1CCN(C=O)CC1)C(C)=O. The molecule has 1 aromatic carbocycles. The fourth-order valence-electron chi connectivity index (χ4n) is 2.85. The van der Waals surface area contributed by atoms with Crippen LogP contribution in [0.15, 0.2) is 24.3 Å². The summed E-state index contributed by atoms with van der Waals surface area (Å²) in [5, 5.41) is 0. The first-order valence-corrected chi connectivity index (χ1v) is 8.39. The predicted octanol–water partition coefficient (Wildman–Crippen LogP) is 0.387. The molecule has 1 saturated heterocycles. The summed E-state index contributed by atoms with van der Waals surface area (Å²) < 4.78 is 5.32. The van der Waals surface area contributed by atoms with Crippen molar-refractivity contribution in [3.63, 3.8) is 0 Å². The lowest BCUT2D eigenvalue weighted by Crippen LogP contribution is -2.51. The van der Waals surface area contributed by atoms with Gasteiger partial charge >= 0.3 is 0 Å². The van der Waals surface area contributed by atoms with Crippen molar-refractivity contribution in [1.29, 1.82) is 0 Å². The summed E-state index contributed by atoms with van der Waals surface area (Å²) in [7, 11) is 1.62. The Labute approximate surface area is 148 Å². The van der Waals surface area contributed by atoms with E-state index in [1.807, 2.05) is 24.3 Å². The summed E-state index contributed by atoms with van der Waals surface area (Å²) >= 11 is 0. The Bertz CT molecular complexity index is 612. The smallest absolute Gasteiger partial charge is 0.242 e. The summed E-state index contributed by atoms with van der Waals surface area (Å²) in [6, 6.07) is 7.66. The van der Waals surface area contributed by atoms with Gasteiger partial charge in [0, 0.05) is 39.6 Å².